The summed E-state index contributed by atoms with van der Waals surface area (Å²) in [5, 5.41) is 11.8. The number of carbonyl (C=O) groups is 2. The van der Waals surface area contributed by atoms with E-state index in [0.717, 1.165) is 16.6 Å². The lowest BCUT2D eigenvalue weighted by molar-refractivity contribution is -0.147. The molecule has 1 amide bonds. The van der Waals surface area contributed by atoms with Crippen LogP contribution in [0.3, 0.4) is 0 Å². The van der Waals surface area contributed by atoms with E-state index in [1.807, 2.05) is 19.1 Å². The summed E-state index contributed by atoms with van der Waals surface area (Å²) >= 11 is 5.06. The van der Waals surface area contributed by atoms with E-state index in [9.17, 15) is 14.7 Å². The Morgan fingerprint density at radius 2 is 2.15 bits per heavy atom. The van der Waals surface area contributed by atoms with E-state index < -0.39 is 11.5 Å². The molecule has 0 fully saturated rings. The van der Waals surface area contributed by atoms with Crippen LogP contribution in [0.2, 0.25) is 0 Å². The molecule has 1 heterocycles. The van der Waals surface area contributed by atoms with Crippen LogP contribution in [-0.2, 0) is 16.0 Å². The maximum atomic E-state index is 11.9. The maximum Gasteiger partial charge on any atom is 0.329 e. The normalized spacial score (nSPS) is 13.8. The molecule has 112 valence electrons. The topological polar surface area (TPSA) is 66.4 Å². The maximum absolute atomic E-state index is 11.9. The summed E-state index contributed by atoms with van der Waals surface area (Å²) in [7, 11) is 0. The van der Waals surface area contributed by atoms with E-state index in [-0.39, 0.29) is 5.91 Å². The number of hydrogen-bond acceptors (Lipinski definition) is 3. The molecule has 4 nitrogen and oxygen atoms in total. The van der Waals surface area contributed by atoms with Gasteiger partial charge in [-0.25, -0.2) is 4.79 Å². The van der Waals surface area contributed by atoms with Gasteiger partial charge in [0.1, 0.15) is 5.54 Å². The number of thiophene rings is 1. The van der Waals surface area contributed by atoms with Gasteiger partial charge in [-0.2, -0.15) is 0 Å². The van der Waals surface area contributed by atoms with E-state index in [1.165, 1.54) is 4.88 Å². The van der Waals surface area contributed by atoms with Crippen molar-refractivity contribution in [2.45, 2.75) is 51.5 Å². The van der Waals surface area contributed by atoms with Crippen molar-refractivity contribution < 1.29 is 14.7 Å². The standard InChI is InChI=1S/C14H20BrNO3S/c1-3-9-14(2,13(18)19)16-12(17)6-4-5-10-7-8-11(15)20-10/h7-8H,3-6,9H2,1-2H3,(H,16,17)(H,18,19). The van der Waals surface area contributed by atoms with Crippen LogP contribution in [0, 0.1) is 0 Å². The average Bonchev–Trinajstić information content (AvgIpc) is 2.75. The van der Waals surface area contributed by atoms with Crippen molar-refractivity contribution >= 4 is 39.1 Å². The lowest BCUT2D eigenvalue weighted by Crippen LogP contribution is -2.52. The van der Waals surface area contributed by atoms with Gasteiger partial charge in [-0.15, -0.1) is 11.3 Å². The van der Waals surface area contributed by atoms with E-state index in [0.29, 0.717) is 19.3 Å². The summed E-state index contributed by atoms with van der Waals surface area (Å²) in [5.74, 6) is -1.17. The first-order valence-electron chi connectivity index (χ1n) is 6.66. The highest BCUT2D eigenvalue weighted by Gasteiger charge is 2.33. The van der Waals surface area contributed by atoms with Gasteiger partial charge in [0.15, 0.2) is 0 Å². The van der Waals surface area contributed by atoms with E-state index in [4.69, 9.17) is 0 Å². The first kappa shape index (κ1) is 17.2. The van der Waals surface area contributed by atoms with E-state index in [2.05, 4.69) is 21.2 Å². The van der Waals surface area contributed by atoms with Crippen LogP contribution in [-0.4, -0.2) is 22.5 Å². The highest BCUT2D eigenvalue weighted by atomic mass is 79.9. The largest absolute Gasteiger partial charge is 0.480 e. The molecular weight excluding hydrogens is 342 g/mol. The quantitative estimate of drug-likeness (QED) is 0.743. The molecule has 1 atom stereocenters. The number of rotatable bonds is 8. The fraction of sp³-hybridized carbons (Fsp3) is 0.571. The van der Waals surface area contributed by atoms with Crippen molar-refractivity contribution in [2.24, 2.45) is 0 Å². The van der Waals surface area contributed by atoms with Crippen molar-refractivity contribution in [1.82, 2.24) is 5.32 Å². The van der Waals surface area contributed by atoms with Crippen LogP contribution in [0.4, 0.5) is 0 Å². The molecule has 20 heavy (non-hydrogen) atoms. The Morgan fingerprint density at radius 1 is 1.45 bits per heavy atom. The SMILES string of the molecule is CCCC(C)(NC(=O)CCCc1ccc(Br)s1)C(=O)O. The Labute approximate surface area is 131 Å². The third kappa shape index (κ3) is 5.25. The molecule has 0 saturated heterocycles. The van der Waals surface area contributed by atoms with E-state index in [1.54, 1.807) is 18.3 Å². The highest BCUT2D eigenvalue weighted by molar-refractivity contribution is 9.11. The zero-order chi connectivity index (χ0) is 15.2. The van der Waals surface area contributed by atoms with Crippen molar-refractivity contribution in [1.29, 1.82) is 0 Å². The van der Waals surface area contributed by atoms with Gasteiger partial charge in [0.05, 0.1) is 3.79 Å². The molecule has 1 unspecified atom stereocenters. The minimum Gasteiger partial charge on any atom is -0.480 e. The lowest BCUT2D eigenvalue weighted by Gasteiger charge is -2.25. The Hall–Kier alpha value is -0.880. The highest BCUT2D eigenvalue weighted by Crippen LogP contribution is 2.23. The van der Waals surface area contributed by atoms with Crippen LogP contribution < -0.4 is 5.32 Å². The van der Waals surface area contributed by atoms with Gasteiger partial charge in [0, 0.05) is 11.3 Å². The summed E-state index contributed by atoms with van der Waals surface area (Å²) in [6.45, 7) is 3.47. The molecule has 0 aliphatic rings. The van der Waals surface area contributed by atoms with Gasteiger partial charge in [-0.3, -0.25) is 4.79 Å². The Bertz CT molecular complexity index is 475. The van der Waals surface area contributed by atoms with Crippen LogP contribution in [0.1, 0.15) is 44.4 Å². The monoisotopic (exact) mass is 361 g/mol. The first-order valence-corrected chi connectivity index (χ1v) is 8.27. The van der Waals surface area contributed by atoms with Crippen LogP contribution in [0.15, 0.2) is 15.9 Å². The lowest BCUT2D eigenvalue weighted by atomic mass is 9.96. The van der Waals surface area contributed by atoms with Gasteiger partial charge in [-0.05, 0) is 54.2 Å². The molecular formula is C14H20BrNO3S. The first-order chi connectivity index (χ1) is 9.37. The second kappa shape index (κ2) is 7.78. The molecule has 1 aromatic heterocycles. The zero-order valence-electron chi connectivity index (χ0n) is 11.7. The molecule has 1 aromatic rings. The molecule has 6 heteroatoms. The van der Waals surface area contributed by atoms with Crippen molar-refractivity contribution in [3.05, 3.63) is 20.8 Å². The number of aryl methyl sites for hydroxylation is 1. The summed E-state index contributed by atoms with van der Waals surface area (Å²) in [6.07, 6.45) is 3.06. The molecule has 0 aromatic carbocycles. The summed E-state index contributed by atoms with van der Waals surface area (Å²) in [6, 6.07) is 4.02. The summed E-state index contributed by atoms with van der Waals surface area (Å²) < 4.78 is 1.08. The number of hydrogen-bond donors (Lipinski definition) is 2. The third-order valence-electron chi connectivity index (χ3n) is 3.09. The molecule has 0 spiro atoms. The summed E-state index contributed by atoms with van der Waals surface area (Å²) in [5.41, 5.74) is -1.15. The minimum atomic E-state index is -1.15. The molecule has 0 radical (unpaired) electrons. The zero-order valence-corrected chi connectivity index (χ0v) is 14.1. The number of amides is 1. The van der Waals surface area contributed by atoms with Gasteiger partial charge in [-0.1, -0.05) is 13.3 Å². The molecule has 0 aliphatic carbocycles. The Balaban J connectivity index is 2.40. The number of aliphatic carboxylic acids is 1. The number of halogens is 1. The number of carbonyl (C=O) groups excluding carboxylic acids is 1. The van der Waals surface area contributed by atoms with Crippen LogP contribution >= 0.6 is 27.3 Å². The molecule has 2 N–H and O–H groups in total. The average molecular weight is 362 g/mol. The molecule has 1 rings (SSSR count). The van der Waals surface area contributed by atoms with Crippen molar-refractivity contribution in [3.8, 4) is 0 Å². The number of carboxylic acid groups (broad SMARTS) is 1. The number of nitrogens with one attached hydrogen (secondary N) is 1. The Morgan fingerprint density at radius 3 is 2.65 bits per heavy atom. The van der Waals surface area contributed by atoms with E-state index >= 15 is 0 Å². The molecule has 0 bridgehead atoms. The van der Waals surface area contributed by atoms with Gasteiger partial charge in [0.25, 0.3) is 0 Å². The fourth-order valence-corrected chi connectivity index (χ4v) is 3.53. The summed E-state index contributed by atoms with van der Waals surface area (Å²) in [4.78, 5) is 24.3. The minimum absolute atomic E-state index is 0.195. The smallest absolute Gasteiger partial charge is 0.329 e. The third-order valence-corrected chi connectivity index (χ3v) is 4.78. The second-order valence-electron chi connectivity index (χ2n) is 4.99. The number of carboxylic acids is 1. The Kier molecular flexibility index (Phi) is 6.68. The molecule has 0 aliphatic heterocycles. The van der Waals surface area contributed by atoms with Crippen molar-refractivity contribution in [3.63, 3.8) is 0 Å². The fourth-order valence-electron chi connectivity index (χ4n) is 2.00. The van der Waals surface area contributed by atoms with Crippen LogP contribution in [0.25, 0.3) is 0 Å². The van der Waals surface area contributed by atoms with Crippen molar-refractivity contribution in [2.75, 3.05) is 0 Å². The molecule has 0 saturated carbocycles. The van der Waals surface area contributed by atoms with Gasteiger partial charge < -0.3 is 10.4 Å². The van der Waals surface area contributed by atoms with Crippen LogP contribution in [0.5, 0.6) is 0 Å². The predicted octanol–water partition coefficient (Wildman–Crippen LogP) is 3.59. The van der Waals surface area contributed by atoms with Gasteiger partial charge in [0.2, 0.25) is 5.91 Å². The second-order valence-corrected chi connectivity index (χ2v) is 7.54. The van der Waals surface area contributed by atoms with Gasteiger partial charge >= 0.3 is 5.97 Å². The predicted molar refractivity (Wildman–Crippen MR) is 84.0 cm³/mol.